The van der Waals surface area contributed by atoms with E-state index in [1.807, 2.05) is 24.3 Å². The van der Waals surface area contributed by atoms with Gasteiger partial charge in [-0.25, -0.2) is 13.2 Å². The van der Waals surface area contributed by atoms with Crippen LogP contribution < -0.4 is 0 Å². The molecule has 0 bridgehead atoms. The molecular weight excluding hydrogens is 381 g/mol. The molecule has 3 aromatic carbocycles. The minimum Gasteiger partial charge on any atom is -0.207 e. The Morgan fingerprint density at radius 1 is 0.767 bits per heavy atom. The molecule has 1 aliphatic rings. The van der Waals surface area contributed by atoms with Gasteiger partial charge >= 0.3 is 0 Å². The topological polar surface area (TPSA) is 0 Å². The van der Waals surface area contributed by atoms with E-state index in [9.17, 15) is 13.2 Å². The highest BCUT2D eigenvalue weighted by molar-refractivity contribution is 5.85. The third-order valence-corrected chi connectivity index (χ3v) is 5.83. The third-order valence-electron chi connectivity index (χ3n) is 5.83. The summed E-state index contributed by atoms with van der Waals surface area (Å²) in [4.78, 5) is 0. The minimum absolute atomic E-state index is 0.206. The van der Waals surface area contributed by atoms with Crippen molar-refractivity contribution in [3.63, 3.8) is 0 Å². The second-order valence-electron chi connectivity index (χ2n) is 7.98. The molecule has 0 aliphatic heterocycles. The molecule has 154 valence electrons. The molecule has 0 atom stereocenters. The summed E-state index contributed by atoms with van der Waals surface area (Å²) in [5.74, 6) is -0.908. The molecule has 0 spiro atoms. The molecule has 3 aromatic rings. The Morgan fingerprint density at radius 3 is 2.27 bits per heavy atom. The van der Waals surface area contributed by atoms with Crippen molar-refractivity contribution in [3.05, 3.63) is 94.3 Å². The Kier molecular flexibility index (Phi) is 6.08. The smallest absolute Gasteiger partial charge is 0.131 e. The zero-order chi connectivity index (χ0) is 21.1. The highest BCUT2D eigenvalue weighted by atomic mass is 19.1. The van der Waals surface area contributed by atoms with Crippen molar-refractivity contribution in [2.24, 2.45) is 0 Å². The van der Waals surface area contributed by atoms with E-state index in [-0.39, 0.29) is 17.5 Å². The number of fused-ring (bicyclic) bond motifs is 1. The first-order chi connectivity index (χ1) is 14.5. The van der Waals surface area contributed by atoms with E-state index in [1.54, 1.807) is 18.2 Å². The van der Waals surface area contributed by atoms with Gasteiger partial charge in [0.1, 0.15) is 17.5 Å². The maximum atomic E-state index is 14.8. The fourth-order valence-electron chi connectivity index (χ4n) is 4.13. The molecule has 0 saturated heterocycles. The molecule has 0 fully saturated rings. The standard InChI is InChI=1S/C27H25F3/c1-2-3-4-5-18-6-13-24(26(29)14-18)21-8-7-20-16-25(27(30)17-22(20)15-21)19-9-11-23(28)12-10-19/h6,9-17H,2-5,7-8H2,1H3. The lowest BCUT2D eigenvalue weighted by Gasteiger charge is -2.19. The number of benzene rings is 3. The van der Waals surface area contributed by atoms with Gasteiger partial charge in [-0.1, -0.05) is 50.1 Å². The minimum atomic E-state index is -0.357. The summed E-state index contributed by atoms with van der Waals surface area (Å²) in [6, 6.07) is 14.7. The van der Waals surface area contributed by atoms with Crippen LogP contribution in [0.5, 0.6) is 0 Å². The van der Waals surface area contributed by atoms with Crippen molar-refractivity contribution in [2.75, 3.05) is 0 Å². The molecule has 0 heterocycles. The Balaban J connectivity index is 1.61. The monoisotopic (exact) mass is 406 g/mol. The van der Waals surface area contributed by atoms with Gasteiger partial charge in [-0.05, 0) is 83.8 Å². The van der Waals surface area contributed by atoms with Crippen molar-refractivity contribution in [1.82, 2.24) is 0 Å². The third kappa shape index (κ3) is 4.35. The number of hydrogen-bond acceptors (Lipinski definition) is 0. The van der Waals surface area contributed by atoms with Crippen LogP contribution in [0.25, 0.3) is 22.8 Å². The van der Waals surface area contributed by atoms with Gasteiger partial charge in [-0.2, -0.15) is 0 Å². The van der Waals surface area contributed by atoms with Crippen LogP contribution in [0.2, 0.25) is 0 Å². The second-order valence-corrected chi connectivity index (χ2v) is 7.98. The maximum absolute atomic E-state index is 14.8. The predicted octanol–water partition coefficient (Wildman–Crippen LogP) is 7.99. The molecule has 0 amide bonds. The Morgan fingerprint density at radius 2 is 1.53 bits per heavy atom. The Labute approximate surface area is 176 Å². The molecule has 0 nitrogen and oxygen atoms in total. The van der Waals surface area contributed by atoms with E-state index in [1.165, 1.54) is 18.2 Å². The van der Waals surface area contributed by atoms with Gasteiger partial charge < -0.3 is 0 Å². The molecule has 0 N–H and O–H groups in total. The van der Waals surface area contributed by atoms with Gasteiger partial charge in [0.25, 0.3) is 0 Å². The van der Waals surface area contributed by atoms with E-state index >= 15 is 0 Å². The van der Waals surface area contributed by atoms with Crippen LogP contribution in [-0.2, 0) is 12.8 Å². The van der Waals surface area contributed by atoms with Crippen LogP contribution in [-0.4, -0.2) is 0 Å². The molecule has 0 radical (unpaired) electrons. The summed E-state index contributed by atoms with van der Waals surface area (Å²) >= 11 is 0. The predicted molar refractivity (Wildman–Crippen MR) is 118 cm³/mol. The largest absolute Gasteiger partial charge is 0.207 e. The summed E-state index contributed by atoms with van der Waals surface area (Å²) in [7, 11) is 0. The summed E-state index contributed by atoms with van der Waals surface area (Å²) < 4.78 is 42.7. The van der Waals surface area contributed by atoms with E-state index in [0.717, 1.165) is 47.9 Å². The summed E-state index contributed by atoms with van der Waals surface area (Å²) in [5.41, 5.74) is 5.44. The molecule has 30 heavy (non-hydrogen) atoms. The lowest BCUT2D eigenvalue weighted by Crippen LogP contribution is -2.03. The second kappa shape index (κ2) is 8.91. The fraction of sp³-hybridized carbons (Fsp3) is 0.259. The van der Waals surface area contributed by atoms with Crippen molar-refractivity contribution in [3.8, 4) is 11.1 Å². The van der Waals surface area contributed by atoms with Gasteiger partial charge in [0.2, 0.25) is 0 Å². The van der Waals surface area contributed by atoms with Crippen LogP contribution in [0.1, 0.15) is 54.9 Å². The number of unbranched alkanes of at least 4 members (excludes halogenated alkanes) is 2. The average molecular weight is 406 g/mol. The number of allylic oxidation sites excluding steroid dienone is 1. The first-order valence-corrected chi connectivity index (χ1v) is 10.6. The van der Waals surface area contributed by atoms with Crippen molar-refractivity contribution >= 4 is 11.6 Å². The molecule has 0 aromatic heterocycles. The Hall–Kier alpha value is -2.81. The fourth-order valence-corrected chi connectivity index (χ4v) is 4.13. The molecule has 0 unspecified atom stereocenters. The summed E-state index contributed by atoms with van der Waals surface area (Å²) in [5, 5.41) is 0. The van der Waals surface area contributed by atoms with E-state index in [0.29, 0.717) is 29.5 Å². The quantitative estimate of drug-likeness (QED) is 0.364. The average Bonchev–Trinajstić information content (AvgIpc) is 2.74. The Bertz CT molecular complexity index is 1080. The first kappa shape index (κ1) is 20.5. The maximum Gasteiger partial charge on any atom is 0.131 e. The first-order valence-electron chi connectivity index (χ1n) is 10.6. The van der Waals surface area contributed by atoms with Gasteiger partial charge in [-0.3, -0.25) is 0 Å². The van der Waals surface area contributed by atoms with Gasteiger partial charge in [0, 0.05) is 11.1 Å². The molecule has 3 heteroatoms. The number of rotatable bonds is 6. The normalized spacial score (nSPS) is 13.1. The molecular formula is C27H25F3. The van der Waals surface area contributed by atoms with Gasteiger partial charge in [-0.15, -0.1) is 0 Å². The lowest BCUT2D eigenvalue weighted by molar-refractivity contribution is 0.618. The zero-order valence-corrected chi connectivity index (χ0v) is 17.2. The van der Waals surface area contributed by atoms with E-state index < -0.39 is 0 Å². The number of aryl methyl sites for hydroxylation is 2. The van der Waals surface area contributed by atoms with Crippen molar-refractivity contribution < 1.29 is 13.2 Å². The van der Waals surface area contributed by atoms with E-state index in [2.05, 4.69) is 6.92 Å². The number of hydrogen-bond donors (Lipinski definition) is 0. The SMILES string of the molecule is CCCCCc1ccc(C2=Cc3cc(F)c(-c4ccc(F)cc4)cc3CC2)c(F)c1. The van der Waals surface area contributed by atoms with Gasteiger partial charge in [0.05, 0.1) is 0 Å². The lowest BCUT2D eigenvalue weighted by atomic mass is 9.86. The van der Waals surface area contributed by atoms with Crippen LogP contribution in [0, 0.1) is 17.5 Å². The molecule has 4 rings (SSSR count). The van der Waals surface area contributed by atoms with Crippen LogP contribution in [0.3, 0.4) is 0 Å². The van der Waals surface area contributed by atoms with Gasteiger partial charge in [0.15, 0.2) is 0 Å². The van der Waals surface area contributed by atoms with Crippen LogP contribution in [0.4, 0.5) is 13.2 Å². The van der Waals surface area contributed by atoms with Crippen molar-refractivity contribution in [2.45, 2.75) is 45.4 Å². The van der Waals surface area contributed by atoms with Crippen LogP contribution in [0.15, 0.2) is 54.6 Å². The zero-order valence-electron chi connectivity index (χ0n) is 17.2. The highest BCUT2D eigenvalue weighted by Gasteiger charge is 2.18. The molecule has 0 saturated carbocycles. The highest BCUT2D eigenvalue weighted by Crippen LogP contribution is 2.35. The van der Waals surface area contributed by atoms with Crippen LogP contribution >= 0.6 is 0 Å². The molecule has 1 aliphatic carbocycles. The number of halogens is 3. The van der Waals surface area contributed by atoms with E-state index in [4.69, 9.17) is 0 Å². The summed E-state index contributed by atoms with van der Waals surface area (Å²) in [6.45, 7) is 2.16. The van der Waals surface area contributed by atoms with Crippen molar-refractivity contribution in [1.29, 1.82) is 0 Å². The summed E-state index contributed by atoms with van der Waals surface area (Å²) in [6.07, 6.45) is 7.57.